The van der Waals surface area contributed by atoms with E-state index in [1.807, 2.05) is 11.5 Å². The molecule has 0 aromatic carbocycles. The Morgan fingerprint density at radius 1 is 1.37 bits per heavy atom. The fourth-order valence-corrected chi connectivity index (χ4v) is 2.39. The summed E-state index contributed by atoms with van der Waals surface area (Å²) < 4.78 is 39.9. The van der Waals surface area contributed by atoms with Crippen LogP contribution in [0.2, 0.25) is 0 Å². The maximum atomic E-state index is 12.7. The molecule has 108 valence electrons. The van der Waals surface area contributed by atoms with Crippen LogP contribution in [-0.4, -0.2) is 49.6 Å². The number of nitrogens with zero attached hydrogens (tertiary/aromatic N) is 4. The van der Waals surface area contributed by atoms with E-state index in [2.05, 4.69) is 10.2 Å². The molecule has 19 heavy (non-hydrogen) atoms. The first-order chi connectivity index (χ1) is 8.77. The molecule has 0 amide bonds. The van der Waals surface area contributed by atoms with E-state index in [1.165, 1.54) is 0 Å². The van der Waals surface area contributed by atoms with E-state index in [1.54, 1.807) is 11.8 Å². The van der Waals surface area contributed by atoms with E-state index in [9.17, 15) is 18.3 Å². The third kappa shape index (κ3) is 2.59. The molecule has 0 unspecified atom stereocenters. The number of rotatable bonds is 3. The highest BCUT2D eigenvalue weighted by atomic mass is 19.4. The molecule has 0 bridgehead atoms. The van der Waals surface area contributed by atoms with Gasteiger partial charge in [0.1, 0.15) is 11.6 Å². The Morgan fingerprint density at radius 2 is 2.05 bits per heavy atom. The molecule has 0 aliphatic carbocycles. The summed E-state index contributed by atoms with van der Waals surface area (Å²) in [5.74, 6) is 1.37. The summed E-state index contributed by atoms with van der Waals surface area (Å²) in [6.45, 7) is 4.46. The van der Waals surface area contributed by atoms with Gasteiger partial charge in [-0.1, -0.05) is 0 Å². The lowest BCUT2D eigenvalue weighted by Crippen LogP contribution is -2.47. The molecule has 5 nitrogen and oxygen atoms in total. The van der Waals surface area contributed by atoms with Crippen molar-refractivity contribution in [3.8, 4) is 0 Å². The van der Waals surface area contributed by atoms with E-state index >= 15 is 0 Å². The molecule has 2 rings (SSSR count). The number of aryl methyl sites for hydroxylation is 1. The molecule has 1 saturated heterocycles. The molecule has 1 aliphatic rings. The highest BCUT2D eigenvalue weighted by molar-refractivity contribution is 4.99. The van der Waals surface area contributed by atoms with Crippen molar-refractivity contribution < 1.29 is 18.3 Å². The van der Waals surface area contributed by atoms with Crippen molar-refractivity contribution in [2.75, 3.05) is 13.1 Å². The molecule has 0 radical (unpaired) electrons. The van der Waals surface area contributed by atoms with Crippen LogP contribution in [0, 0.1) is 6.92 Å². The van der Waals surface area contributed by atoms with Gasteiger partial charge in [0.15, 0.2) is 5.60 Å². The Kier molecular flexibility index (Phi) is 3.57. The van der Waals surface area contributed by atoms with Crippen molar-refractivity contribution >= 4 is 0 Å². The molecule has 8 heteroatoms. The van der Waals surface area contributed by atoms with E-state index in [4.69, 9.17) is 0 Å². The third-order valence-electron chi connectivity index (χ3n) is 3.55. The number of β-amino-alcohol motifs (C(OH)–C–C–N with tert-alkyl or cyclic N) is 1. The predicted octanol–water partition coefficient (Wildman–Crippen LogP) is 1.11. The lowest BCUT2D eigenvalue weighted by molar-refractivity contribution is -0.254. The largest absolute Gasteiger partial charge is 0.418 e. The van der Waals surface area contributed by atoms with E-state index < -0.39 is 18.3 Å². The minimum Gasteiger partial charge on any atom is -0.379 e. The summed E-state index contributed by atoms with van der Waals surface area (Å²) in [6, 6.07) is 0. The SMILES string of the molecule is CCn1c(C)nnc1CN1CC[C@@](O)(C(F)(F)F)C1. The van der Waals surface area contributed by atoms with Crippen LogP contribution in [0.4, 0.5) is 13.2 Å². The topological polar surface area (TPSA) is 54.2 Å². The average molecular weight is 278 g/mol. The van der Waals surface area contributed by atoms with Crippen LogP contribution < -0.4 is 0 Å². The Hall–Kier alpha value is -1.15. The third-order valence-corrected chi connectivity index (χ3v) is 3.55. The summed E-state index contributed by atoms with van der Waals surface area (Å²) in [4.78, 5) is 1.56. The highest BCUT2D eigenvalue weighted by Gasteiger charge is 2.56. The maximum Gasteiger partial charge on any atom is 0.418 e. The minimum atomic E-state index is -4.59. The van der Waals surface area contributed by atoms with E-state index in [0.717, 1.165) is 5.82 Å². The maximum absolute atomic E-state index is 12.7. The van der Waals surface area contributed by atoms with E-state index in [-0.39, 0.29) is 19.5 Å². The summed E-state index contributed by atoms with van der Waals surface area (Å²) in [5.41, 5.74) is -2.60. The van der Waals surface area contributed by atoms with Crippen LogP contribution in [0.25, 0.3) is 0 Å². The van der Waals surface area contributed by atoms with Gasteiger partial charge in [-0.05, 0) is 20.3 Å². The predicted molar refractivity (Wildman–Crippen MR) is 61.3 cm³/mol. The molecule has 2 heterocycles. The second kappa shape index (κ2) is 4.75. The number of hydrogen-bond donors (Lipinski definition) is 1. The molecular weight excluding hydrogens is 261 g/mol. The molecule has 1 aliphatic heterocycles. The first-order valence-electron chi connectivity index (χ1n) is 6.17. The van der Waals surface area contributed by atoms with Crippen LogP contribution in [0.3, 0.4) is 0 Å². The Bertz CT molecular complexity index is 459. The second-order valence-electron chi connectivity index (χ2n) is 4.90. The van der Waals surface area contributed by atoms with Gasteiger partial charge in [0.25, 0.3) is 0 Å². The van der Waals surface area contributed by atoms with Gasteiger partial charge >= 0.3 is 6.18 Å². The first kappa shape index (κ1) is 14.3. The minimum absolute atomic E-state index is 0.200. The summed E-state index contributed by atoms with van der Waals surface area (Å²) in [6.07, 6.45) is -4.88. The Labute approximate surface area is 109 Å². The highest BCUT2D eigenvalue weighted by Crippen LogP contribution is 2.37. The van der Waals surface area contributed by atoms with Gasteiger partial charge < -0.3 is 9.67 Å². The van der Waals surface area contributed by atoms with Crippen molar-refractivity contribution in [1.82, 2.24) is 19.7 Å². The molecule has 0 spiro atoms. The fourth-order valence-electron chi connectivity index (χ4n) is 2.39. The fraction of sp³-hybridized carbons (Fsp3) is 0.818. The number of halogens is 3. The molecule has 1 aromatic rings. The molecule has 1 aromatic heterocycles. The van der Waals surface area contributed by atoms with Crippen LogP contribution in [0.15, 0.2) is 0 Å². The molecule has 1 fully saturated rings. The second-order valence-corrected chi connectivity index (χ2v) is 4.90. The van der Waals surface area contributed by atoms with Gasteiger partial charge in [-0.25, -0.2) is 0 Å². The summed E-state index contributed by atoms with van der Waals surface area (Å²) in [5, 5.41) is 17.5. The van der Waals surface area contributed by atoms with Crippen LogP contribution in [0.5, 0.6) is 0 Å². The van der Waals surface area contributed by atoms with Gasteiger partial charge in [0.2, 0.25) is 0 Å². The van der Waals surface area contributed by atoms with E-state index in [0.29, 0.717) is 12.4 Å². The number of hydrogen-bond acceptors (Lipinski definition) is 4. The zero-order valence-electron chi connectivity index (χ0n) is 10.9. The first-order valence-corrected chi connectivity index (χ1v) is 6.17. The zero-order valence-corrected chi connectivity index (χ0v) is 10.9. The van der Waals surface area contributed by atoms with Gasteiger partial charge in [0, 0.05) is 19.6 Å². The van der Waals surface area contributed by atoms with Crippen molar-refractivity contribution in [3.05, 3.63) is 11.6 Å². The van der Waals surface area contributed by atoms with Crippen LogP contribution in [-0.2, 0) is 13.1 Å². The van der Waals surface area contributed by atoms with Gasteiger partial charge in [-0.15, -0.1) is 10.2 Å². The Morgan fingerprint density at radius 3 is 2.58 bits per heavy atom. The number of likely N-dealkylation sites (tertiary alicyclic amines) is 1. The average Bonchev–Trinajstić information content (AvgIpc) is 2.84. The molecule has 1 N–H and O–H groups in total. The standard InChI is InChI=1S/C11H17F3N4O/c1-3-18-8(2)15-16-9(18)6-17-5-4-10(19,7-17)11(12,13)14/h19H,3-7H2,1-2H3/t10-/m0/s1. The van der Waals surface area contributed by atoms with Crippen molar-refractivity contribution in [3.63, 3.8) is 0 Å². The Balaban J connectivity index is 2.07. The number of alkyl halides is 3. The molecule has 0 saturated carbocycles. The quantitative estimate of drug-likeness (QED) is 0.899. The monoisotopic (exact) mass is 278 g/mol. The van der Waals surface area contributed by atoms with Crippen molar-refractivity contribution in [1.29, 1.82) is 0 Å². The normalized spacial score (nSPS) is 25.2. The molecule has 1 atom stereocenters. The number of aromatic nitrogens is 3. The lowest BCUT2D eigenvalue weighted by atomic mass is 10.0. The smallest absolute Gasteiger partial charge is 0.379 e. The molecular formula is C11H17F3N4O. The number of aliphatic hydroxyl groups is 1. The van der Waals surface area contributed by atoms with Gasteiger partial charge in [0.05, 0.1) is 6.54 Å². The summed E-state index contributed by atoms with van der Waals surface area (Å²) in [7, 11) is 0. The zero-order chi connectivity index (χ0) is 14.3. The summed E-state index contributed by atoms with van der Waals surface area (Å²) >= 11 is 0. The lowest BCUT2D eigenvalue weighted by Gasteiger charge is -2.26. The van der Waals surface area contributed by atoms with Crippen LogP contribution in [0.1, 0.15) is 25.0 Å². The van der Waals surface area contributed by atoms with Gasteiger partial charge in [-0.2, -0.15) is 13.2 Å². The van der Waals surface area contributed by atoms with Crippen LogP contribution >= 0.6 is 0 Å². The van der Waals surface area contributed by atoms with Crippen molar-refractivity contribution in [2.45, 2.75) is 45.1 Å². The van der Waals surface area contributed by atoms with Gasteiger partial charge in [-0.3, -0.25) is 4.90 Å². The van der Waals surface area contributed by atoms with Crippen molar-refractivity contribution in [2.24, 2.45) is 0 Å².